The lowest BCUT2D eigenvalue weighted by atomic mass is 9.93. The van der Waals surface area contributed by atoms with Gasteiger partial charge < -0.3 is 19.4 Å². The Hall–Kier alpha value is -2.83. The van der Waals surface area contributed by atoms with Crippen LogP contribution in [-0.4, -0.2) is 67.2 Å². The minimum Gasteiger partial charge on any atom is -0.467 e. The number of carbonyl (C=O) groups is 1. The number of piperidine rings is 1. The molecule has 7 nitrogen and oxygen atoms in total. The number of piperazine rings is 1. The summed E-state index contributed by atoms with van der Waals surface area (Å²) < 4.78 is 5.13. The third-order valence-electron chi connectivity index (χ3n) is 6.29. The van der Waals surface area contributed by atoms with E-state index in [1.54, 1.807) is 13.3 Å². The third kappa shape index (κ3) is 4.66. The van der Waals surface area contributed by atoms with Gasteiger partial charge in [0.25, 0.3) is 0 Å². The third-order valence-corrected chi connectivity index (χ3v) is 6.29. The predicted molar refractivity (Wildman–Crippen MR) is 118 cm³/mol. The van der Waals surface area contributed by atoms with E-state index >= 15 is 0 Å². The first-order chi connectivity index (χ1) is 14.6. The number of carbonyl (C=O) groups excluding carboxylic acids is 1. The van der Waals surface area contributed by atoms with E-state index in [2.05, 4.69) is 55.9 Å². The molecule has 0 bridgehead atoms. The van der Waals surface area contributed by atoms with E-state index in [1.807, 2.05) is 6.07 Å². The molecule has 7 heteroatoms. The fraction of sp³-hybridized carbons (Fsp3) is 0.522. The number of amides is 1. The molecule has 0 unspecified atom stereocenters. The van der Waals surface area contributed by atoms with Gasteiger partial charge in [-0.2, -0.15) is 4.98 Å². The van der Waals surface area contributed by atoms with E-state index in [4.69, 9.17) is 4.74 Å². The zero-order valence-corrected chi connectivity index (χ0v) is 18.0. The van der Waals surface area contributed by atoms with Gasteiger partial charge in [0.2, 0.25) is 5.91 Å². The molecule has 4 rings (SSSR count). The lowest BCUT2D eigenvalue weighted by molar-refractivity contribution is -0.132. The van der Waals surface area contributed by atoms with E-state index in [1.165, 1.54) is 11.3 Å². The Balaban J connectivity index is 1.24. The van der Waals surface area contributed by atoms with Gasteiger partial charge in [0.05, 0.1) is 7.11 Å². The highest BCUT2D eigenvalue weighted by molar-refractivity contribution is 5.77. The van der Waals surface area contributed by atoms with Gasteiger partial charge in [0.1, 0.15) is 5.82 Å². The van der Waals surface area contributed by atoms with Gasteiger partial charge in [-0.3, -0.25) is 4.79 Å². The van der Waals surface area contributed by atoms with Gasteiger partial charge >= 0.3 is 6.01 Å². The van der Waals surface area contributed by atoms with Gasteiger partial charge in [0.15, 0.2) is 0 Å². The van der Waals surface area contributed by atoms with E-state index in [-0.39, 0.29) is 0 Å². The van der Waals surface area contributed by atoms with Crippen LogP contribution in [0.25, 0.3) is 0 Å². The summed E-state index contributed by atoms with van der Waals surface area (Å²) in [7, 11) is 1.58. The molecule has 3 heterocycles. The smallest absolute Gasteiger partial charge is 0.318 e. The summed E-state index contributed by atoms with van der Waals surface area (Å²) in [5.41, 5.74) is 2.59. The van der Waals surface area contributed by atoms with Gasteiger partial charge in [-0.1, -0.05) is 18.2 Å². The van der Waals surface area contributed by atoms with Crippen molar-refractivity contribution in [1.29, 1.82) is 0 Å². The number of hydrogen-bond acceptors (Lipinski definition) is 6. The molecule has 0 saturated carbocycles. The second-order valence-corrected chi connectivity index (χ2v) is 8.19. The Morgan fingerprint density at radius 3 is 2.47 bits per heavy atom. The molecule has 30 heavy (non-hydrogen) atoms. The average Bonchev–Trinajstić information content (AvgIpc) is 2.80. The Labute approximate surface area is 178 Å². The van der Waals surface area contributed by atoms with Crippen LogP contribution in [0.4, 0.5) is 11.5 Å². The van der Waals surface area contributed by atoms with Crippen LogP contribution in [0.2, 0.25) is 0 Å². The number of rotatable bonds is 5. The maximum absolute atomic E-state index is 12.9. The maximum Gasteiger partial charge on any atom is 0.318 e. The first-order valence-corrected chi connectivity index (χ1v) is 10.8. The maximum atomic E-state index is 12.9. The second kappa shape index (κ2) is 9.32. The van der Waals surface area contributed by atoms with Crippen molar-refractivity contribution in [2.45, 2.75) is 26.2 Å². The molecule has 2 aromatic rings. The second-order valence-electron chi connectivity index (χ2n) is 8.19. The first kappa shape index (κ1) is 20.4. The highest BCUT2D eigenvalue weighted by Gasteiger charge is 2.27. The molecular formula is C23H31N5O2. The van der Waals surface area contributed by atoms with Crippen LogP contribution in [0.5, 0.6) is 6.01 Å². The number of hydrogen-bond donors (Lipinski definition) is 0. The fourth-order valence-electron chi connectivity index (χ4n) is 4.46. The van der Waals surface area contributed by atoms with Crippen LogP contribution in [0.15, 0.2) is 36.5 Å². The number of ether oxygens (including phenoxy) is 1. The van der Waals surface area contributed by atoms with Crippen LogP contribution >= 0.6 is 0 Å². The van der Waals surface area contributed by atoms with E-state index < -0.39 is 0 Å². The van der Waals surface area contributed by atoms with Crippen LogP contribution in [0.3, 0.4) is 0 Å². The summed E-state index contributed by atoms with van der Waals surface area (Å²) in [5, 5.41) is 0. The minimum absolute atomic E-state index is 0.307. The summed E-state index contributed by atoms with van der Waals surface area (Å²) in [6, 6.07) is 10.8. The van der Waals surface area contributed by atoms with Crippen molar-refractivity contribution in [3.63, 3.8) is 0 Å². The molecule has 0 radical (unpaired) electrons. The molecule has 2 aliphatic rings. The number of aryl methyl sites for hydroxylation is 1. The Morgan fingerprint density at radius 1 is 1.03 bits per heavy atom. The van der Waals surface area contributed by atoms with E-state index in [0.29, 0.717) is 24.3 Å². The van der Waals surface area contributed by atoms with Gasteiger partial charge in [-0.25, -0.2) is 4.98 Å². The van der Waals surface area contributed by atoms with E-state index in [9.17, 15) is 4.79 Å². The van der Waals surface area contributed by atoms with Crippen LogP contribution in [-0.2, 0) is 4.79 Å². The molecule has 2 fully saturated rings. The number of methoxy groups -OCH3 is 1. The highest BCUT2D eigenvalue weighted by atomic mass is 16.5. The quantitative estimate of drug-likeness (QED) is 0.757. The van der Waals surface area contributed by atoms with Crippen molar-refractivity contribution in [2.24, 2.45) is 5.92 Å². The molecule has 2 saturated heterocycles. The number of benzene rings is 1. The molecule has 160 valence electrons. The minimum atomic E-state index is 0.307. The summed E-state index contributed by atoms with van der Waals surface area (Å²) in [6.45, 7) is 7.42. The molecular weight excluding hydrogens is 378 g/mol. The number of para-hydroxylation sites is 1. The Bertz CT molecular complexity index is 858. The Kier molecular flexibility index (Phi) is 6.35. The lowest BCUT2D eigenvalue weighted by Crippen LogP contribution is -2.49. The lowest BCUT2D eigenvalue weighted by Gasteiger charge is -2.38. The molecule has 1 aromatic carbocycles. The normalized spacial score (nSPS) is 17.9. The van der Waals surface area contributed by atoms with Gasteiger partial charge in [-0.15, -0.1) is 0 Å². The highest BCUT2D eigenvalue weighted by Crippen LogP contribution is 2.26. The van der Waals surface area contributed by atoms with Gasteiger partial charge in [-0.05, 0) is 43.4 Å². The van der Waals surface area contributed by atoms with Crippen molar-refractivity contribution in [3.8, 4) is 6.01 Å². The summed E-state index contributed by atoms with van der Waals surface area (Å²) in [4.78, 5) is 28.1. The number of nitrogens with zero attached hydrogens (tertiary/aromatic N) is 5. The molecule has 2 aliphatic heterocycles. The molecule has 0 atom stereocenters. The number of aromatic nitrogens is 2. The van der Waals surface area contributed by atoms with Crippen LogP contribution < -0.4 is 14.5 Å². The van der Waals surface area contributed by atoms with Crippen molar-refractivity contribution in [1.82, 2.24) is 14.9 Å². The average molecular weight is 410 g/mol. The van der Waals surface area contributed by atoms with Crippen LogP contribution in [0, 0.1) is 12.8 Å². The zero-order chi connectivity index (χ0) is 20.9. The molecule has 1 aromatic heterocycles. The van der Waals surface area contributed by atoms with Crippen molar-refractivity contribution in [2.75, 3.05) is 56.2 Å². The van der Waals surface area contributed by atoms with E-state index in [0.717, 1.165) is 57.9 Å². The van der Waals surface area contributed by atoms with Crippen LogP contribution in [0.1, 0.15) is 24.8 Å². The first-order valence-electron chi connectivity index (χ1n) is 10.8. The summed E-state index contributed by atoms with van der Waals surface area (Å²) in [6.07, 6.45) is 4.42. The Morgan fingerprint density at radius 2 is 1.77 bits per heavy atom. The predicted octanol–water partition coefficient (Wildman–Crippen LogP) is 2.75. The molecule has 0 aliphatic carbocycles. The van der Waals surface area contributed by atoms with Crippen molar-refractivity contribution >= 4 is 17.4 Å². The fourth-order valence-corrected chi connectivity index (χ4v) is 4.46. The summed E-state index contributed by atoms with van der Waals surface area (Å²) >= 11 is 0. The summed E-state index contributed by atoms with van der Waals surface area (Å²) in [5.74, 6) is 1.66. The number of anilines is 2. The standard InChI is InChI=1S/C23H31N5O2/c1-18-5-3-4-6-20(18)26-13-15-28(16-14-26)22(29)17-19-8-11-27(12-9-19)21-7-10-24-23(25-21)30-2/h3-7,10,19H,8-9,11-17H2,1-2H3. The molecule has 0 spiro atoms. The topological polar surface area (TPSA) is 61.8 Å². The SMILES string of the molecule is COc1nccc(N2CCC(CC(=O)N3CCN(c4ccccc4C)CC3)CC2)n1. The zero-order valence-electron chi connectivity index (χ0n) is 18.0. The van der Waals surface area contributed by atoms with Gasteiger partial charge in [0, 0.05) is 57.6 Å². The monoisotopic (exact) mass is 409 g/mol. The van der Waals surface area contributed by atoms with Crippen molar-refractivity contribution < 1.29 is 9.53 Å². The molecule has 0 N–H and O–H groups in total. The molecule has 1 amide bonds. The van der Waals surface area contributed by atoms with Crippen molar-refractivity contribution in [3.05, 3.63) is 42.1 Å². The largest absolute Gasteiger partial charge is 0.467 e.